The third-order valence-electron chi connectivity index (χ3n) is 3.25. The van der Waals surface area contributed by atoms with E-state index in [1.165, 1.54) is 6.20 Å². The van der Waals surface area contributed by atoms with Gasteiger partial charge in [-0.2, -0.15) is 13.2 Å². The van der Waals surface area contributed by atoms with Crippen molar-refractivity contribution in [2.75, 3.05) is 6.61 Å². The first kappa shape index (κ1) is 20.7. The van der Waals surface area contributed by atoms with Gasteiger partial charge in [0.2, 0.25) is 0 Å². The molecule has 1 fully saturated rings. The maximum absolute atomic E-state index is 12.2. The van der Waals surface area contributed by atoms with E-state index in [1.807, 2.05) is 13.8 Å². The third-order valence-corrected chi connectivity index (χ3v) is 3.85. The van der Waals surface area contributed by atoms with Crippen LogP contribution in [0, 0.1) is 5.92 Å². The zero-order chi connectivity index (χ0) is 18.5. The first-order valence-electron chi connectivity index (χ1n) is 7.55. The molecule has 1 atom stereocenters. The Kier molecular flexibility index (Phi) is 7.03. The maximum Gasteiger partial charge on any atom is 0.422 e. The summed E-state index contributed by atoms with van der Waals surface area (Å²) in [6.45, 7) is 4.25. The number of ether oxygens (including phenoxy) is 1. The smallest absolute Gasteiger partial charge is 0.422 e. The third kappa shape index (κ3) is 6.27. The first-order chi connectivity index (χ1) is 11.1. The Morgan fingerprint density at radius 1 is 1.46 bits per heavy atom. The molecule has 1 aromatic heterocycles. The quantitative estimate of drug-likeness (QED) is 0.725. The Bertz CT molecular complexity index is 576. The van der Waals surface area contributed by atoms with Gasteiger partial charge in [0.1, 0.15) is 11.4 Å². The summed E-state index contributed by atoms with van der Waals surface area (Å²) in [4.78, 5) is 16.0. The van der Waals surface area contributed by atoms with E-state index >= 15 is 0 Å². The zero-order valence-corrected chi connectivity index (χ0v) is 15.3. The average Bonchev–Trinajstić information content (AvgIpc) is 3.32. The predicted octanol–water partition coefficient (Wildman–Crippen LogP) is 3.63. The summed E-state index contributed by atoms with van der Waals surface area (Å²) in [6.07, 6.45) is -1.39. The van der Waals surface area contributed by atoms with Gasteiger partial charge in [-0.15, -0.1) is 0 Å². The predicted molar refractivity (Wildman–Crippen MR) is 87.6 cm³/mol. The number of nitrogens with one attached hydrogen (secondary N) is 1. The molecule has 1 saturated carbocycles. The van der Waals surface area contributed by atoms with Gasteiger partial charge in [-0.3, -0.25) is 4.79 Å². The van der Waals surface area contributed by atoms with Crippen LogP contribution in [0.4, 0.5) is 13.2 Å². The molecule has 1 aliphatic carbocycles. The van der Waals surface area contributed by atoms with Crippen LogP contribution in [-0.2, 0) is 0 Å². The number of amides is 1. The fourth-order valence-corrected chi connectivity index (χ4v) is 2.24. The largest absolute Gasteiger partial charge is 0.483 e. The van der Waals surface area contributed by atoms with Crippen molar-refractivity contribution in [1.82, 2.24) is 10.3 Å². The van der Waals surface area contributed by atoms with Gasteiger partial charge in [-0.1, -0.05) is 13.8 Å². The van der Waals surface area contributed by atoms with Gasteiger partial charge in [0.25, 0.3) is 5.91 Å². The van der Waals surface area contributed by atoms with E-state index in [4.69, 9.17) is 5.73 Å². The van der Waals surface area contributed by atoms with E-state index in [-0.39, 0.29) is 21.8 Å². The minimum atomic E-state index is -4.47. The normalized spacial score (nSPS) is 16.5. The molecule has 3 N–H and O–H groups in total. The van der Waals surface area contributed by atoms with Crippen molar-refractivity contribution >= 4 is 21.8 Å². The molecule has 0 spiro atoms. The number of pyridine rings is 1. The van der Waals surface area contributed by atoms with Gasteiger partial charge in [-0.25, -0.2) is 4.98 Å². The summed E-state index contributed by atoms with van der Waals surface area (Å²) in [5, 5.41) is 2.64. The Morgan fingerprint density at radius 3 is 2.54 bits per heavy atom. The molecule has 5 nitrogen and oxygen atoms in total. The minimum absolute atomic E-state index is 0.0577. The monoisotopic (exact) mass is 411 g/mol. The summed E-state index contributed by atoms with van der Waals surface area (Å²) in [6, 6.07) is 1.15. The molecule has 1 amide bonds. The van der Waals surface area contributed by atoms with E-state index in [2.05, 4.69) is 31.0 Å². The molecule has 0 aliphatic heterocycles. The highest BCUT2D eigenvalue weighted by atomic mass is 79.9. The number of alkyl halides is 3. The number of carbonyl (C=O) groups excluding carboxylic acids is 1. The van der Waals surface area contributed by atoms with Crippen LogP contribution in [0.2, 0.25) is 0 Å². The number of hydrogen-bond donors (Lipinski definition) is 2. The van der Waals surface area contributed by atoms with Crippen molar-refractivity contribution in [3.8, 4) is 5.75 Å². The topological polar surface area (TPSA) is 77.2 Å². The molecule has 9 heteroatoms. The fraction of sp³-hybridized carbons (Fsp3) is 0.600. The molecule has 1 heterocycles. The van der Waals surface area contributed by atoms with Crippen molar-refractivity contribution in [3.05, 3.63) is 22.4 Å². The van der Waals surface area contributed by atoms with Crippen molar-refractivity contribution in [2.24, 2.45) is 11.7 Å². The van der Waals surface area contributed by atoms with Gasteiger partial charge >= 0.3 is 6.18 Å². The van der Waals surface area contributed by atoms with Gasteiger partial charge in [-0.05, 0) is 41.6 Å². The number of aromatic nitrogens is 1. The first-order valence-corrected chi connectivity index (χ1v) is 8.34. The Morgan fingerprint density at radius 2 is 2.04 bits per heavy atom. The second kappa shape index (κ2) is 8.15. The number of rotatable bonds is 5. The summed E-state index contributed by atoms with van der Waals surface area (Å²) in [7, 11) is 0. The maximum atomic E-state index is 12.2. The number of nitrogens with zero attached hydrogens (tertiary/aromatic N) is 1. The van der Waals surface area contributed by atoms with Crippen molar-refractivity contribution in [3.63, 3.8) is 0 Å². The molecule has 2 rings (SSSR count). The van der Waals surface area contributed by atoms with E-state index < -0.39 is 24.4 Å². The SMILES string of the molecule is CC.CC(N)(NC(=O)c1cc(OCC(F)(F)F)c(Br)cn1)C1CC1. The van der Waals surface area contributed by atoms with Crippen LogP contribution in [0.5, 0.6) is 5.75 Å². The average molecular weight is 412 g/mol. The lowest BCUT2D eigenvalue weighted by Gasteiger charge is -2.25. The lowest BCUT2D eigenvalue weighted by Crippen LogP contribution is -2.55. The summed E-state index contributed by atoms with van der Waals surface area (Å²) in [5.41, 5.74) is 5.08. The van der Waals surface area contributed by atoms with E-state index in [1.54, 1.807) is 6.92 Å². The summed E-state index contributed by atoms with van der Waals surface area (Å²) in [5.74, 6) is -0.461. The molecule has 0 aromatic carbocycles. The summed E-state index contributed by atoms with van der Waals surface area (Å²) >= 11 is 3.03. The molecule has 1 unspecified atom stereocenters. The highest BCUT2D eigenvalue weighted by molar-refractivity contribution is 9.10. The number of hydrogen-bond acceptors (Lipinski definition) is 4. The Labute approximate surface area is 147 Å². The highest BCUT2D eigenvalue weighted by Gasteiger charge is 2.39. The molecule has 136 valence electrons. The van der Waals surface area contributed by atoms with E-state index in [0.29, 0.717) is 0 Å². The van der Waals surface area contributed by atoms with Gasteiger partial charge in [0, 0.05) is 12.3 Å². The molecule has 0 bridgehead atoms. The van der Waals surface area contributed by atoms with E-state index in [9.17, 15) is 18.0 Å². The van der Waals surface area contributed by atoms with Crippen molar-refractivity contribution in [2.45, 2.75) is 45.5 Å². The van der Waals surface area contributed by atoms with Crippen LogP contribution in [0.15, 0.2) is 16.7 Å². The van der Waals surface area contributed by atoms with Crippen LogP contribution in [0.1, 0.15) is 44.1 Å². The molecular weight excluding hydrogens is 391 g/mol. The molecule has 0 saturated heterocycles. The van der Waals surface area contributed by atoms with Gasteiger partial charge in [0.05, 0.1) is 10.1 Å². The standard InChI is InChI=1S/C13H15BrF3N3O2.C2H6/c1-12(18,7-2-3-7)20-11(21)9-4-10(8(14)5-19-9)22-6-13(15,16)17;1-2/h4-5,7H,2-3,6,18H2,1H3,(H,20,21);1-2H3. The van der Waals surface area contributed by atoms with Crippen LogP contribution < -0.4 is 15.8 Å². The molecule has 1 aromatic rings. The lowest BCUT2D eigenvalue weighted by molar-refractivity contribution is -0.153. The second-order valence-electron chi connectivity index (χ2n) is 5.41. The van der Waals surface area contributed by atoms with Crippen LogP contribution in [0.25, 0.3) is 0 Å². The second-order valence-corrected chi connectivity index (χ2v) is 6.27. The van der Waals surface area contributed by atoms with Crippen LogP contribution >= 0.6 is 15.9 Å². The number of carbonyl (C=O) groups is 1. The van der Waals surface area contributed by atoms with Crippen LogP contribution in [0.3, 0.4) is 0 Å². The Hall–Kier alpha value is -1.35. The molecule has 1 aliphatic rings. The molecule has 0 radical (unpaired) electrons. The lowest BCUT2D eigenvalue weighted by atomic mass is 10.1. The van der Waals surface area contributed by atoms with Gasteiger partial charge < -0.3 is 15.8 Å². The highest BCUT2D eigenvalue weighted by Crippen LogP contribution is 2.36. The van der Waals surface area contributed by atoms with Crippen molar-refractivity contribution < 1.29 is 22.7 Å². The fourth-order valence-electron chi connectivity index (χ4n) is 1.91. The van der Waals surface area contributed by atoms with Crippen molar-refractivity contribution in [1.29, 1.82) is 0 Å². The van der Waals surface area contributed by atoms with Gasteiger partial charge in [0.15, 0.2) is 6.61 Å². The Balaban J connectivity index is 0.00000139. The zero-order valence-electron chi connectivity index (χ0n) is 13.7. The number of nitrogens with two attached hydrogens (primary N) is 1. The van der Waals surface area contributed by atoms with Crippen LogP contribution in [-0.4, -0.2) is 29.3 Å². The number of halogens is 4. The van der Waals surface area contributed by atoms with E-state index in [0.717, 1.165) is 18.9 Å². The molecule has 24 heavy (non-hydrogen) atoms. The molecular formula is C15H21BrF3N3O2. The minimum Gasteiger partial charge on any atom is -0.483 e. The summed E-state index contributed by atoms with van der Waals surface area (Å²) < 4.78 is 41.5.